The molecular weight excluding hydrogens is 199 g/mol. The number of aromatic nitrogens is 1. The first kappa shape index (κ1) is 10.6. The summed E-state index contributed by atoms with van der Waals surface area (Å²) in [5.74, 6) is 0.722. The second-order valence-electron chi connectivity index (χ2n) is 4.03. The number of hydrogen-bond donors (Lipinski definition) is 1. The summed E-state index contributed by atoms with van der Waals surface area (Å²) in [6.07, 6.45) is -0.435. The van der Waals surface area contributed by atoms with Crippen molar-refractivity contribution in [1.29, 1.82) is 0 Å². The molecule has 2 rings (SSSR count). The van der Waals surface area contributed by atoms with E-state index in [9.17, 15) is 4.39 Å². The van der Waals surface area contributed by atoms with Crippen LogP contribution in [0, 0.1) is 6.92 Å². The molecule has 0 bridgehead atoms. The van der Waals surface area contributed by atoms with Crippen LogP contribution < -0.4 is 0 Å². The van der Waals surface area contributed by atoms with Crippen LogP contribution in [-0.4, -0.2) is 40.5 Å². The van der Waals surface area contributed by atoms with E-state index in [0.29, 0.717) is 19.5 Å². The molecule has 15 heavy (non-hydrogen) atoms. The third kappa shape index (κ3) is 2.35. The van der Waals surface area contributed by atoms with Crippen molar-refractivity contribution in [2.45, 2.75) is 32.1 Å². The number of aliphatic hydroxyl groups is 1. The Kier molecular flexibility index (Phi) is 3.02. The van der Waals surface area contributed by atoms with Gasteiger partial charge >= 0.3 is 0 Å². The Hall–Kier alpha value is -0.940. The molecule has 84 valence electrons. The number of halogens is 1. The molecule has 5 heteroatoms. The van der Waals surface area contributed by atoms with Crippen LogP contribution in [0.5, 0.6) is 0 Å². The first-order chi connectivity index (χ1) is 7.19. The van der Waals surface area contributed by atoms with Gasteiger partial charge in [0.2, 0.25) is 0 Å². The quantitative estimate of drug-likeness (QED) is 0.811. The predicted molar refractivity (Wildman–Crippen MR) is 52.0 cm³/mol. The van der Waals surface area contributed by atoms with Crippen molar-refractivity contribution in [1.82, 2.24) is 10.1 Å². The van der Waals surface area contributed by atoms with Crippen molar-refractivity contribution in [2.24, 2.45) is 0 Å². The van der Waals surface area contributed by atoms with Gasteiger partial charge in [-0.05, 0) is 13.3 Å². The number of nitrogens with zero attached hydrogens (tertiary/aromatic N) is 2. The summed E-state index contributed by atoms with van der Waals surface area (Å²) in [6.45, 7) is 2.73. The second-order valence-corrected chi connectivity index (χ2v) is 4.03. The van der Waals surface area contributed by atoms with Gasteiger partial charge in [0.25, 0.3) is 0 Å². The van der Waals surface area contributed by atoms with Gasteiger partial charge in [0.15, 0.2) is 5.76 Å². The molecule has 0 saturated carbocycles. The Balaban J connectivity index is 1.99. The summed E-state index contributed by atoms with van der Waals surface area (Å²) < 4.78 is 18.2. The van der Waals surface area contributed by atoms with Crippen molar-refractivity contribution in [3.05, 3.63) is 17.5 Å². The molecular formula is C10H15FN2O2. The third-order valence-electron chi connectivity index (χ3n) is 2.72. The van der Waals surface area contributed by atoms with Gasteiger partial charge in [-0.2, -0.15) is 0 Å². The SMILES string of the molecule is Cc1cc(CN2C[C@@H](F)C[C@H]2CO)on1. The number of aliphatic hydroxyl groups excluding tert-OH is 1. The number of hydrogen-bond acceptors (Lipinski definition) is 4. The van der Waals surface area contributed by atoms with Crippen LogP contribution in [-0.2, 0) is 6.54 Å². The molecule has 1 saturated heterocycles. The Morgan fingerprint density at radius 2 is 2.53 bits per heavy atom. The monoisotopic (exact) mass is 214 g/mol. The second kappa shape index (κ2) is 4.28. The van der Waals surface area contributed by atoms with Crippen LogP contribution in [0.3, 0.4) is 0 Å². The molecule has 0 aliphatic carbocycles. The van der Waals surface area contributed by atoms with E-state index in [2.05, 4.69) is 5.16 Å². The minimum Gasteiger partial charge on any atom is -0.395 e. The average molecular weight is 214 g/mol. The molecule has 2 heterocycles. The smallest absolute Gasteiger partial charge is 0.150 e. The number of alkyl halides is 1. The molecule has 1 aromatic heterocycles. The fourth-order valence-corrected chi connectivity index (χ4v) is 2.00. The minimum atomic E-state index is -0.842. The van der Waals surface area contributed by atoms with E-state index in [1.807, 2.05) is 17.9 Å². The fraction of sp³-hybridized carbons (Fsp3) is 0.700. The Labute approximate surface area is 87.7 Å². The highest BCUT2D eigenvalue weighted by atomic mass is 19.1. The van der Waals surface area contributed by atoms with Gasteiger partial charge in [-0.25, -0.2) is 4.39 Å². The van der Waals surface area contributed by atoms with Crippen molar-refractivity contribution in [3.63, 3.8) is 0 Å². The highest BCUT2D eigenvalue weighted by Crippen LogP contribution is 2.22. The van der Waals surface area contributed by atoms with Crippen molar-refractivity contribution < 1.29 is 14.0 Å². The lowest BCUT2D eigenvalue weighted by molar-refractivity contribution is 0.142. The Morgan fingerprint density at radius 3 is 3.13 bits per heavy atom. The molecule has 4 nitrogen and oxygen atoms in total. The van der Waals surface area contributed by atoms with Gasteiger partial charge in [-0.3, -0.25) is 4.90 Å². The van der Waals surface area contributed by atoms with E-state index in [1.54, 1.807) is 0 Å². The fourth-order valence-electron chi connectivity index (χ4n) is 2.00. The van der Waals surface area contributed by atoms with Crippen LogP contribution in [0.2, 0.25) is 0 Å². The molecule has 2 atom stereocenters. The number of rotatable bonds is 3. The summed E-state index contributed by atoms with van der Waals surface area (Å²) in [4.78, 5) is 1.89. The number of likely N-dealkylation sites (tertiary alicyclic amines) is 1. The van der Waals surface area contributed by atoms with Crippen LogP contribution in [0.4, 0.5) is 4.39 Å². The van der Waals surface area contributed by atoms with Crippen LogP contribution in [0.15, 0.2) is 10.6 Å². The molecule has 1 N–H and O–H groups in total. The molecule has 1 fully saturated rings. The Bertz CT molecular complexity index is 329. The van der Waals surface area contributed by atoms with Crippen LogP contribution in [0.1, 0.15) is 17.9 Å². The van der Waals surface area contributed by atoms with E-state index in [4.69, 9.17) is 9.63 Å². The van der Waals surface area contributed by atoms with E-state index >= 15 is 0 Å². The molecule has 1 aliphatic rings. The lowest BCUT2D eigenvalue weighted by atomic mass is 10.2. The van der Waals surface area contributed by atoms with E-state index < -0.39 is 6.17 Å². The van der Waals surface area contributed by atoms with Gasteiger partial charge in [0, 0.05) is 18.7 Å². The average Bonchev–Trinajstić information content (AvgIpc) is 2.73. The van der Waals surface area contributed by atoms with Crippen molar-refractivity contribution in [3.8, 4) is 0 Å². The maximum absolute atomic E-state index is 13.1. The van der Waals surface area contributed by atoms with E-state index in [0.717, 1.165) is 11.5 Å². The highest BCUT2D eigenvalue weighted by molar-refractivity contribution is 5.04. The molecule has 1 aliphatic heterocycles. The summed E-state index contributed by atoms with van der Waals surface area (Å²) in [6, 6.07) is 1.74. The van der Waals surface area contributed by atoms with Gasteiger partial charge in [-0.15, -0.1) is 0 Å². The van der Waals surface area contributed by atoms with Gasteiger partial charge in [0.05, 0.1) is 18.8 Å². The first-order valence-electron chi connectivity index (χ1n) is 5.10. The third-order valence-corrected chi connectivity index (χ3v) is 2.72. The van der Waals surface area contributed by atoms with Crippen LogP contribution in [0.25, 0.3) is 0 Å². The summed E-state index contributed by atoms with van der Waals surface area (Å²) in [5, 5.41) is 12.9. The molecule has 0 unspecified atom stereocenters. The Morgan fingerprint density at radius 1 is 1.73 bits per heavy atom. The van der Waals surface area contributed by atoms with Crippen LogP contribution >= 0.6 is 0 Å². The maximum atomic E-state index is 13.1. The van der Waals surface area contributed by atoms with E-state index in [1.165, 1.54) is 0 Å². The molecule has 0 spiro atoms. The number of aryl methyl sites for hydroxylation is 1. The van der Waals surface area contributed by atoms with E-state index in [-0.39, 0.29) is 12.6 Å². The summed E-state index contributed by atoms with van der Waals surface area (Å²) in [5.41, 5.74) is 0.821. The lowest BCUT2D eigenvalue weighted by Gasteiger charge is -2.20. The summed E-state index contributed by atoms with van der Waals surface area (Å²) >= 11 is 0. The standard InChI is InChI=1S/C10H15FN2O2/c1-7-2-10(15-12-7)5-13-4-8(11)3-9(13)6-14/h2,8-9,14H,3-6H2,1H3/t8-,9-/m0/s1. The van der Waals surface area contributed by atoms with Gasteiger partial charge in [0.1, 0.15) is 6.17 Å². The van der Waals surface area contributed by atoms with Crippen molar-refractivity contribution >= 4 is 0 Å². The summed E-state index contributed by atoms with van der Waals surface area (Å²) in [7, 11) is 0. The largest absolute Gasteiger partial charge is 0.395 e. The minimum absolute atomic E-state index is 0.00641. The topological polar surface area (TPSA) is 49.5 Å². The lowest BCUT2D eigenvalue weighted by Crippen LogP contribution is -2.31. The maximum Gasteiger partial charge on any atom is 0.150 e. The molecule has 0 aromatic carbocycles. The zero-order chi connectivity index (χ0) is 10.8. The van der Waals surface area contributed by atoms with Gasteiger partial charge in [-0.1, -0.05) is 5.16 Å². The first-order valence-corrected chi connectivity index (χ1v) is 5.10. The van der Waals surface area contributed by atoms with Gasteiger partial charge < -0.3 is 9.63 Å². The zero-order valence-corrected chi connectivity index (χ0v) is 8.69. The highest BCUT2D eigenvalue weighted by Gasteiger charge is 2.32. The van der Waals surface area contributed by atoms with Crippen molar-refractivity contribution in [2.75, 3.05) is 13.2 Å². The predicted octanol–water partition coefficient (Wildman–Crippen LogP) is 0.888. The zero-order valence-electron chi connectivity index (χ0n) is 8.69. The normalized spacial score (nSPS) is 27.4. The molecule has 0 radical (unpaired) electrons. The molecule has 0 amide bonds. The molecule has 1 aromatic rings.